The molecule has 0 spiro atoms. The van der Waals surface area contributed by atoms with E-state index >= 15 is 0 Å². The van der Waals surface area contributed by atoms with Crippen LogP contribution in [0.25, 0.3) is 0 Å². The molecular weight excluding hydrogens is 210 g/mol. The van der Waals surface area contributed by atoms with Crippen LogP contribution in [0.5, 0.6) is 0 Å². The van der Waals surface area contributed by atoms with Crippen molar-refractivity contribution < 1.29 is 4.74 Å². The molecule has 1 aromatic rings. The first-order chi connectivity index (χ1) is 8.39. The number of benzene rings is 1. The number of fused-ring (bicyclic) bond motifs is 5. The number of ether oxygens (including phenoxy) is 1. The van der Waals surface area contributed by atoms with Crippen molar-refractivity contribution in [1.29, 1.82) is 5.26 Å². The fourth-order valence-corrected chi connectivity index (χ4v) is 6.05. The average molecular weight is 221 g/mol. The molecule has 2 nitrogen and oxygen atoms in total. The SMILES string of the molecule is N#C[C@]12c3ccccc3[C@@H]3C4C5C(C41)[C@H]2O[C@@H]53. The summed E-state index contributed by atoms with van der Waals surface area (Å²) in [5.41, 5.74) is 2.46. The van der Waals surface area contributed by atoms with Gasteiger partial charge >= 0.3 is 0 Å². The van der Waals surface area contributed by atoms with Crippen molar-refractivity contribution in [3.05, 3.63) is 35.4 Å². The van der Waals surface area contributed by atoms with Crippen LogP contribution in [0.3, 0.4) is 0 Å². The van der Waals surface area contributed by atoms with Crippen molar-refractivity contribution >= 4 is 0 Å². The molecule has 3 saturated carbocycles. The smallest absolute Gasteiger partial charge is 0.112 e. The van der Waals surface area contributed by atoms with Crippen molar-refractivity contribution in [3.63, 3.8) is 0 Å². The van der Waals surface area contributed by atoms with E-state index in [1.807, 2.05) is 0 Å². The highest BCUT2D eigenvalue weighted by Gasteiger charge is 2.89. The Morgan fingerprint density at radius 2 is 2.06 bits per heavy atom. The highest BCUT2D eigenvalue weighted by Crippen LogP contribution is 2.85. The van der Waals surface area contributed by atoms with Crippen molar-refractivity contribution in [2.45, 2.75) is 23.5 Å². The molecule has 8 atom stereocenters. The van der Waals surface area contributed by atoms with Gasteiger partial charge in [0.1, 0.15) is 5.41 Å². The molecule has 0 bridgehead atoms. The van der Waals surface area contributed by atoms with E-state index in [1.54, 1.807) is 0 Å². The Balaban J connectivity index is 1.77. The van der Waals surface area contributed by atoms with Gasteiger partial charge in [0.2, 0.25) is 0 Å². The lowest BCUT2D eigenvalue weighted by atomic mass is 9.25. The van der Waals surface area contributed by atoms with E-state index in [1.165, 1.54) is 11.1 Å². The quantitative estimate of drug-likeness (QED) is 0.669. The van der Waals surface area contributed by atoms with E-state index in [0.717, 1.165) is 17.8 Å². The lowest BCUT2D eigenvalue weighted by Crippen LogP contribution is -2.79. The third-order valence-corrected chi connectivity index (χ3v) is 6.44. The summed E-state index contributed by atoms with van der Waals surface area (Å²) in [5, 5.41) is 9.76. The molecule has 5 aliphatic rings. The number of rotatable bonds is 0. The Morgan fingerprint density at radius 3 is 2.94 bits per heavy atom. The van der Waals surface area contributed by atoms with E-state index in [4.69, 9.17) is 4.74 Å². The Labute approximate surface area is 99.2 Å². The molecule has 6 rings (SSSR count). The first kappa shape index (κ1) is 7.89. The maximum atomic E-state index is 9.76. The number of hydrogen-bond donors (Lipinski definition) is 0. The highest BCUT2D eigenvalue weighted by molar-refractivity contribution is 5.59. The monoisotopic (exact) mass is 221 g/mol. The third-order valence-electron chi connectivity index (χ3n) is 6.44. The highest BCUT2D eigenvalue weighted by atomic mass is 16.5. The Kier molecular flexibility index (Phi) is 0.897. The van der Waals surface area contributed by atoms with Crippen LogP contribution in [0.4, 0.5) is 0 Å². The first-order valence-electron chi connectivity index (χ1n) is 6.56. The molecule has 2 heteroatoms. The predicted octanol–water partition coefficient (Wildman–Crippen LogP) is 1.82. The van der Waals surface area contributed by atoms with E-state index in [-0.39, 0.29) is 11.5 Å². The summed E-state index contributed by atoms with van der Waals surface area (Å²) in [6.07, 6.45) is 0.669. The largest absolute Gasteiger partial charge is 0.372 e. The minimum Gasteiger partial charge on any atom is -0.372 e. The van der Waals surface area contributed by atoms with Gasteiger partial charge < -0.3 is 4.74 Å². The molecule has 1 heterocycles. The van der Waals surface area contributed by atoms with Crippen LogP contribution < -0.4 is 0 Å². The van der Waals surface area contributed by atoms with Gasteiger partial charge in [-0.05, 0) is 34.8 Å². The van der Waals surface area contributed by atoms with E-state index in [2.05, 4.69) is 30.3 Å². The van der Waals surface area contributed by atoms with Crippen molar-refractivity contribution in [2.75, 3.05) is 0 Å². The van der Waals surface area contributed by atoms with Gasteiger partial charge in [-0.15, -0.1) is 0 Å². The summed E-state index contributed by atoms with van der Waals surface area (Å²) in [4.78, 5) is 0. The Hall–Kier alpha value is -1.33. The molecule has 17 heavy (non-hydrogen) atoms. The molecule has 4 aliphatic carbocycles. The van der Waals surface area contributed by atoms with Crippen LogP contribution in [-0.4, -0.2) is 12.2 Å². The zero-order valence-electron chi connectivity index (χ0n) is 9.21. The lowest BCUT2D eigenvalue weighted by Gasteiger charge is -2.75. The Bertz CT molecular complexity index is 624. The van der Waals surface area contributed by atoms with Crippen molar-refractivity contribution in [2.24, 2.45) is 23.7 Å². The van der Waals surface area contributed by atoms with Gasteiger partial charge in [-0.2, -0.15) is 5.26 Å². The van der Waals surface area contributed by atoms with Gasteiger partial charge in [-0.1, -0.05) is 24.3 Å². The van der Waals surface area contributed by atoms with Gasteiger partial charge in [0, 0.05) is 5.92 Å². The van der Waals surface area contributed by atoms with Gasteiger partial charge in [-0.3, -0.25) is 0 Å². The molecule has 0 aromatic heterocycles. The van der Waals surface area contributed by atoms with Crippen LogP contribution in [0.2, 0.25) is 0 Å². The maximum Gasteiger partial charge on any atom is 0.112 e. The molecule has 4 unspecified atom stereocenters. The minimum atomic E-state index is -0.274. The number of nitriles is 1. The summed E-state index contributed by atoms with van der Waals surface area (Å²) in [5.74, 6) is 3.56. The average Bonchev–Trinajstić information content (AvgIpc) is 2.54. The molecule has 4 fully saturated rings. The molecule has 1 aliphatic heterocycles. The number of nitrogens with zero attached hydrogens (tertiary/aromatic N) is 1. The van der Waals surface area contributed by atoms with Crippen LogP contribution in [0.15, 0.2) is 24.3 Å². The lowest BCUT2D eigenvalue weighted by molar-refractivity contribution is -0.203. The maximum absolute atomic E-state index is 9.76. The fourth-order valence-electron chi connectivity index (χ4n) is 6.05. The molecule has 1 saturated heterocycles. The first-order valence-corrected chi connectivity index (χ1v) is 6.56. The molecule has 0 radical (unpaired) electrons. The van der Waals surface area contributed by atoms with E-state index in [9.17, 15) is 5.26 Å². The zero-order valence-corrected chi connectivity index (χ0v) is 9.21. The summed E-state index contributed by atoms with van der Waals surface area (Å²) < 4.78 is 6.22. The predicted molar refractivity (Wildman–Crippen MR) is 59.1 cm³/mol. The van der Waals surface area contributed by atoms with Crippen molar-refractivity contribution in [1.82, 2.24) is 0 Å². The standard InChI is InChI=1S/C15H11NO/c16-5-15-7-4-2-1-3-6(7)8-9-10-11(12(9)15)14(15)17-13(8)10/h1-4,8-14H/t8-,9?,10?,11?,12?,13-,14-,15+/m1/s1. The van der Waals surface area contributed by atoms with E-state index < -0.39 is 0 Å². The van der Waals surface area contributed by atoms with E-state index in [0.29, 0.717) is 17.9 Å². The second kappa shape index (κ2) is 1.93. The number of hydrogen-bond acceptors (Lipinski definition) is 2. The summed E-state index contributed by atoms with van der Waals surface area (Å²) in [6.45, 7) is 0. The molecule has 1 aromatic carbocycles. The fraction of sp³-hybridized carbons (Fsp3) is 0.533. The van der Waals surface area contributed by atoms with Crippen LogP contribution in [0, 0.1) is 35.0 Å². The van der Waals surface area contributed by atoms with Crippen LogP contribution in [-0.2, 0) is 10.2 Å². The van der Waals surface area contributed by atoms with Crippen LogP contribution >= 0.6 is 0 Å². The second-order valence-electron chi connectivity index (χ2n) is 6.37. The molecule has 0 N–H and O–H groups in total. The third kappa shape index (κ3) is 0.472. The zero-order chi connectivity index (χ0) is 10.9. The van der Waals surface area contributed by atoms with Gasteiger partial charge in [0.25, 0.3) is 0 Å². The topological polar surface area (TPSA) is 33.0 Å². The molecular formula is C15H11NO. The normalized spacial score (nSPS) is 61.5. The van der Waals surface area contributed by atoms with Crippen molar-refractivity contribution in [3.8, 4) is 6.07 Å². The summed E-state index contributed by atoms with van der Waals surface area (Å²) >= 11 is 0. The Morgan fingerprint density at radius 1 is 1.18 bits per heavy atom. The molecule has 0 amide bonds. The summed E-state index contributed by atoms with van der Waals surface area (Å²) in [7, 11) is 0. The summed E-state index contributed by atoms with van der Waals surface area (Å²) in [6, 6.07) is 11.3. The van der Waals surface area contributed by atoms with Gasteiger partial charge in [0.15, 0.2) is 0 Å². The molecule has 82 valence electrons. The van der Waals surface area contributed by atoms with Gasteiger partial charge in [0.05, 0.1) is 18.3 Å². The second-order valence-corrected chi connectivity index (χ2v) is 6.37. The van der Waals surface area contributed by atoms with Gasteiger partial charge in [-0.25, -0.2) is 0 Å². The van der Waals surface area contributed by atoms with Crippen LogP contribution in [0.1, 0.15) is 17.0 Å². The minimum absolute atomic E-state index is 0.220.